The number of nitrogen functional groups attached to an aromatic ring is 1. The smallest absolute Gasteiger partial charge is 0.255 e. The van der Waals surface area contributed by atoms with Gasteiger partial charge in [0.15, 0.2) is 22.9 Å². The van der Waals surface area contributed by atoms with Crippen molar-refractivity contribution in [3.8, 4) is 17.6 Å². The van der Waals surface area contributed by atoms with Crippen LogP contribution in [0.5, 0.6) is 0 Å². The molecule has 3 atom stereocenters. The Balaban J connectivity index is 1.37. The summed E-state index contributed by atoms with van der Waals surface area (Å²) >= 11 is 1.50. The van der Waals surface area contributed by atoms with Crippen LogP contribution in [0.3, 0.4) is 0 Å². The second-order valence-corrected chi connectivity index (χ2v) is 12.9. The number of thiophene rings is 1. The minimum atomic E-state index is -2.55. The second-order valence-electron chi connectivity index (χ2n) is 11.8. The third-order valence-electron chi connectivity index (χ3n) is 9.47. The fraction of sp³-hybridized carbons (Fsp3) is 0.552. The van der Waals surface area contributed by atoms with Gasteiger partial charge in [-0.3, -0.25) is 0 Å². The highest BCUT2D eigenvalue weighted by Crippen LogP contribution is 2.55. The summed E-state index contributed by atoms with van der Waals surface area (Å²) in [4.78, 5) is 13.1. The van der Waals surface area contributed by atoms with Crippen molar-refractivity contribution in [2.45, 2.75) is 82.2 Å². The molecule has 220 valence electrons. The highest BCUT2D eigenvalue weighted by Gasteiger charge is 2.49. The summed E-state index contributed by atoms with van der Waals surface area (Å²) < 4.78 is 34.6. The molecule has 0 bridgehead atoms. The third-order valence-corrected chi connectivity index (χ3v) is 10.5. The fourth-order valence-electron chi connectivity index (χ4n) is 7.56. The molecule has 0 saturated carbocycles. The van der Waals surface area contributed by atoms with Crippen LogP contribution in [0.15, 0.2) is 10.7 Å². The van der Waals surface area contributed by atoms with Gasteiger partial charge < -0.3 is 20.5 Å². The van der Waals surface area contributed by atoms with Crippen LogP contribution in [-0.4, -0.2) is 62.4 Å². The van der Waals surface area contributed by atoms with Gasteiger partial charge in [0.2, 0.25) is 0 Å². The molecule has 2 aliphatic carbocycles. The number of likely N-dealkylation sites (N-methyl/N-ethyl adjacent to an activating group) is 1. The van der Waals surface area contributed by atoms with Crippen LogP contribution in [0.4, 0.5) is 19.6 Å². The van der Waals surface area contributed by atoms with Gasteiger partial charge in [0, 0.05) is 16.5 Å². The fourth-order valence-corrected chi connectivity index (χ4v) is 8.72. The number of nitrogens with zero attached hydrogens (tertiary/aromatic N) is 7. The zero-order valence-electron chi connectivity index (χ0n) is 23.7. The monoisotopic (exact) mass is 593 g/mol. The number of hydrogen-bond donors (Lipinski definition) is 2. The molecule has 3 unspecified atom stereocenters. The van der Waals surface area contributed by atoms with Crippen LogP contribution in [0, 0.1) is 11.3 Å². The highest BCUT2D eigenvalue weighted by atomic mass is 32.1. The van der Waals surface area contributed by atoms with Gasteiger partial charge in [0.25, 0.3) is 6.43 Å². The van der Waals surface area contributed by atoms with Crippen LogP contribution in [0.2, 0.25) is 0 Å². The number of aromatic nitrogens is 5. The Bertz CT molecular complexity index is 1700. The van der Waals surface area contributed by atoms with Crippen molar-refractivity contribution >= 4 is 33.2 Å². The molecule has 13 heteroatoms. The number of nitrogens with two attached hydrogens (primary N) is 1. The van der Waals surface area contributed by atoms with Gasteiger partial charge in [0.1, 0.15) is 16.9 Å². The standard InChI is InChI=1S/C29H33F2N9OS/c1-15(19-7-5-11-39(19)2)40-28-18(13-35-40)26(34-14-21(30)31)36-27(37-28)23-16-6-3-9-29(24(16)41-38-23)10-4-8-20-22(29)17(12-32)25(33)42-20/h13,15,19,21H,3-11,14,33H2,1-2H3,(H,34,36,37). The average Bonchev–Trinajstić information content (AvgIpc) is 3.76. The van der Waals surface area contributed by atoms with Crippen molar-refractivity contribution in [3.63, 3.8) is 0 Å². The summed E-state index contributed by atoms with van der Waals surface area (Å²) in [5.74, 6) is 1.36. The Labute approximate surface area is 245 Å². The molecule has 3 N–H and O–H groups in total. The zero-order valence-corrected chi connectivity index (χ0v) is 24.5. The summed E-state index contributed by atoms with van der Waals surface area (Å²) in [5.41, 5.74) is 9.36. The molecular weight excluding hydrogens is 560 g/mol. The first-order valence-corrected chi connectivity index (χ1v) is 15.4. The lowest BCUT2D eigenvalue weighted by atomic mass is 9.63. The van der Waals surface area contributed by atoms with Crippen LogP contribution in [-0.2, 0) is 18.3 Å². The number of aryl methyl sites for hydroxylation is 1. The number of rotatable bonds is 6. The molecule has 0 radical (unpaired) electrons. The van der Waals surface area contributed by atoms with Crippen LogP contribution < -0.4 is 11.1 Å². The molecule has 5 heterocycles. The number of nitriles is 1. The maximum atomic E-state index is 13.3. The Morgan fingerprint density at radius 3 is 2.81 bits per heavy atom. The average molecular weight is 594 g/mol. The van der Waals surface area contributed by atoms with E-state index in [-0.39, 0.29) is 12.1 Å². The van der Waals surface area contributed by atoms with Crippen molar-refractivity contribution < 1.29 is 13.3 Å². The Hall–Kier alpha value is -3.63. The Kier molecular flexibility index (Phi) is 6.66. The van der Waals surface area contributed by atoms with Gasteiger partial charge >= 0.3 is 0 Å². The zero-order chi connectivity index (χ0) is 29.2. The third kappa shape index (κ3) is 4.10. The molecule has 1 fully saturated rings. The first kappa shape index (κ1) is 27.2. The number of hydrogen-bond acceptors (Lipinski definition) is 10. The molecule has 0 amide bonds. The maximum absolute atomic E-state index is 13.3. The van der Waals surface area contributed by atoms with Crippen LogP contribution in [0.25, 0.3) is 22.6 Å². The molecule has 0 aromatic carbocycles. The number of alkyl halides is 2. The van der Waals surface area contributed by atoms with E-state index in [1.165, 1.54) is 11.3 Å². The van der Waals surface area contributed by atoms with E-state index in [4.69, 9.17) is 20.2 Å². The molecule has 3 aliphatic rings. The second kappa shape index (κ2) is 10.3. The van der Waals surface area contributed by atoms with E-state index in [1.807, 2.05) is 4.68 Å². The van der Waals surface area contributed by atoms with E-state index in [0.717, 1.165) is 79.7 Å². The van der Waals surface area contributed by atoms with E-state index >= 15 is 0 Å². The van der Waals surface area contributed by atoms with E-state index in [2.05, 4.69) is 40.5 Å². The number of likely N-dealkylation sites (tertiary alicyclic amines) is 1. The van der Waals surface area contributed by atoms with Gasteiger partial charge in [0.05, 0.1) is 35.1 Å². The molecule has 1 saturated heterocycles. The normalized spacial score (nSPS) is 22.9. The summed E-state index contributed by atoms with van der Waals surface area (Å²) in [6.07, 6.45) is 6.40. The summed E-state index contributed by atoms with van der Waals surface area (Å²) in [5, 5.41) is 23.1. The number of fused-ring (bicyclic) bond motifs is 5. The summed E-state index contributed by atoms with van der Waals surface area (Å²) in [6, 6.07) is 2.66. The molecule has 1 aliphatic heterocycles. The van der Waals surface area contributed by atoms with E-state index in [1.54, 1.807) is 6.20 Å². The molecule has 42 heavy (non-hydrogen) atoms. The number of halogens is 2. The van der Waals surface area contributed by atoms with Crippen molar-refractivity contribution in [2.75, 3.05) is 31.2 Å². The summed E-state index contributed by atoms with van der Waals surface area (Å²) in [7, 11) is 2.11. The van der Waals surface area contributed by atoms with Gasteiger partial charge in [-0.1, -0.05) is 5.16 Å². The first-order chi connectivity index (χ1) is 20.3. The quantitative estimate of drug-likeness (QED) is 0.306. The number of anilines is 2. The van der Waals surface area contributed by atoms with Crippen molar-refractivity contribution in [1.29, 1.82) is 5.26 Å². The van der Waals surface area contributed by atoms with Gasteiger partial charge in [-0.2, -0.15) is 10.4 Å². The Morgan fingerprint density at radius 2 is 2.07 bits per heavy atom. The van der Waals surface area contributed by atoms with Crippen LogP contribution >= 0.6 is 11.3 Å². The molecule has 4 aromatic rings. The lowest BCUT2D eigenvalue weighted by Gasteiger charge is -2.39. The highest BCUT2D eigenvalue weighted by molar-refractivity contribution is 7.16. The minimum absolute atomic E-state index is 0.0179. The van der Waals surface area contributed by atoms with Gasteiger partial charge in [-0.25, -0.2) is 23.4 Å². The van der Waals surface area contributed by atoms with Crippen molar-refractivity contribution in [2.24, 2.45) is 0 Å². The topological polar surface area (TPSA) is 135 Å². The molecule has 4 aromatic heterocycles. The Morgan fingerprint density at radius 1 is 1.26 bits per heavy atom. The van der Waals surface area contributed by atoms with Crippen LogP contribution in [0.1, 0.15) is 78.8 Å². The first-order valence-electron chi connectivity index (χ1n) is 14.6. The van der Waals surface area contributed by atoms with E-state index < -0.39 is 18.4 Å². The summed E-state index contributed by atoms with van der Waals surface area (Å²) in [6.45, 7) is 2.60. The predicted octanol–water partition coefficient (Wildman–Crippen LogP) is 5.29. The maximum Gasteiger partial charge on any atom is 0.255 e. The van der Waals surface area contributed by atoms with Gasteiger partial charge in [-0.15, -0.1) is 11.3 Å². The van der Waals surface area contributed by atoms with Crippen molar-refractivity contribution in [3.05, 3.63) is 33.5 Å². The largest absolute Gasteiger partial charge is 0.389 e. The molecule has 7 rings (SSSR count). The van der Waals surface area contributed by atoms with E-state index in [9.17, 15) is 14.0 Å². The molecular formula is C29H33F2N9OS. The molecule has 1 spiro atoms. The van der Waals surface area contributed by atoms with E-state index in [0.29, 0.717) is 38.9 Å². The van der Waals surface area contributed by atoms with Crippen molar-refractivity contribution in [1.82, 2.24) is 29.8 Å². The minimum Gasteiger partial charge on any atom is -0.389 e. The number of nitrogens with one attached hydrogen (secondary N) is 1. The lowest BCUT2D eigenvalue weighted by Crippen LogP contribution is -2.35. The lowest BCUT2D eigenvalue weighted by molar-refractivity contribution is 0.163. The van der Waals surface area contributed by atoms with Gasteiger partial charge in [-0.05, 0) is 77.4 Å². The molecule has 10 nitrogen and oxygen atoms in total. The predicted molar refractivity (Wildman–Crippen MR) is 156 cm³/mol. The SMILES string of the molecule is CC(C1CCCN1C)n1ncc2c(NCC(F)F)nc(-c3noc4c3CCCC43CCCc4sc(N)c(C#N)c43)nc21.